The summed E-state index contributed by atoms with van der Waals surface area (Å²) in [5, 5.41) is -0.432. The zero-order valence-corrected chi connectivity index (χ0v) is 13.7. The van der Waals surface area contributed by atoms with Crippen molar-refractivity contribution < 1.29 is 8.42 Å². The molecule has 2 nitrogen and oxygen atoms in total. The van der Waals surface area contributed by atoms with Gasteiger partial charge in [-0.1, -0.05) is 61.0 Å². The molecule has 0 radical (unpaired) electrons. The zero-order valence-electron chi connectivity index (χ0n) is 12.8. The van der Waals surface area contributed by atoms with Crippen LogP contribution in [-0.2, 0) is 15.6 Å². The van der Waals surface area contributed by atoms with Gasteiger partial charge < -0.3 is 0 Å². The fourth-order valence-corrected chi connectivity index (χ4v) is 4.66. The Morgan fingerprint density at radius 2 is 1.67 bits per heavy atom. The first-order chi connectivity index (χ1) is 9.94. The van der Waals surface area contributed by atoms with Gasteiger partial charge in [0, 0.05) is 0 Å². The Labute approximate surface area is 127 Å². The molecule has 2 aromatic carbocycles. The molecule has 0 saturated heterocycles. The molecule has 0 saturated carbocycles. The summed E-state index contributed by atoms with van der Waals surface area (Å²) in [6.45, 7) is 5.89. The van der Waals surface area contributed by atoms with Crippen molar-refractivity contribution in [1.82, 2.24) is 0 Å². The van der Waals surface area contributed by atoms with E-state index in [0.717, 1.165) is 22.3 Å². The summed E-state index contributed by atoms with van der Waals surface area (Å²) in [5.41, 5.74) is 3.92. The van der Waals surface area contributed by atoms with Gasteiger partial charge in [0.2, 0.25) is 0 Å². The van der Waals surface area contributed by atoms with E-state index in [1.54, 1.807) is 0 Å². The molecular formula is C18H22O2S. The minimum absolute atomic E-state index is 0.105. The third-order valence-corrected chi connectivity index (χ3v) is 6.02. The second-order valence-electron chi connectivity index (χ2n) is 5.54. The third-order valence-electron chi connectivity index (χ3n) is 3.84. The first kappa shape index (κ1) is 15.8. The molecule has 3 heteroatoms. The van der Waals surface area contributed by atoms with E-state index in [9.17, 15) is 8.42 Å². The van der Waals surface area contributed by atoms with E-state index in [0.29, 0.717) is 6.42 Å². The first-order valence-electron chi connectivity index (χ1n) is 7.26. The summed E-state index contributed by atoms with van der Waals surface area (Å²) in [5.74, 6) is 0.105. The van der Waals surface area contributed by atoms with E-state index in [-0.39, 0.29) is 5.75 Å². The minimum atomic E-state index is -3.22. The van der Waals surface area contributed by atoms with Gasteiger partial charge in [-0.3, -0.25) is 0 Å². The predicted octanol–water partition coefficient (Wildman–Crippen LogP) is 4.37. The summed E-state index contributed by atoms with van der Waals surface area (Å²) in [4.78, 5) is 0. The number of hydrogen-bond donors (Lipinski definition) is 0. The molecule has 0 spiro atoms. The van der Waals surface area contributed by atoms with Gasteiger partial charge in [-0.2, -0.15) is 0 Å². The van der Waals surface area contributed by atoms with Crippen molar-refractivity contribution >= 4 is 9.84 Å². The highest BCUT2D eigenvalue weighted by Gasteiger charge is 2.26. The molecule has 21 heavy (non-hydrogen) atoms. The van der Waals surface area contributed by atoms with E-state index in [4.69, 9.17) is 0 Å². The molecule has 0 aliphatic rings. The average molecular weight is 302 g/mol. The molecular weight excluding hydrogens is 280 g/mol. The largest absolute Gasteiger partial charge is 0.228 e. The van der Waals surface area contributed by atoms with Gasteiger partial charge in [-0.25, -0.2) is 8.42 Å². The summed E-state index contributed by atoms with van der Waals surface area (Å²) in [6, 6.07) is 15.5. The monoisotopic (exact) mass is 302 g/mol. The highest BCUT2D eigenvalue weighted by atomic mass is 32.2. The van der Waals surface area contributed by atoms with Crippen LogP contribution in [0.25, 0.3) is 0 Å². The topological polar surface area (TPSA) is 34.1 Å². The van der Waals surface area contributed by atoms with Crippen molar-refractivity contribution in [1.29, 1.82) is 0 Å². The molecule has 0 heterocycles. The van der Waals surface area contributed by atoms with E-state index < -0.39 is 15.1 Å². The predicted molar refractivity (Wildman–Crippen MR) is 88.0 cm³/mol. The lowest BCUT2D eigenvalue weighted by atomic mass is 10.1. The van der Waals surface area contributed by atoms with Crippen LogP contribution in [0.5, 0.6) is 0 Å². The van der Waals surface area contributed by atoms with Crippen LogP contribution in [0.1, 0.15) is 40.8 Å². The van der Waals surface area contributed by atoms with Gasteiger partial charge >= 0.3 is 0 Å². The molecule has 0 fully saturated rings. The molecule has 0 aliphatic carbocycles. The lowest BCUT2D eigenvalue weighted by Crippen LogP contribution is -2.15. The maximum Gasteiger partial charge on any atom is 0.161 e. The van der Waals surface area contributed by atoms with Gasteiger partial charge in [0.25, 0.3) is 0 Å². The van der Waals surface area contributed by atoms with Crippen LogP contribution in [0, 0.1) is 13.8 Å². The van der Waals surface area contributed by atoms with Crippen LogP contribution in [0.2, 0.25) is 0 Å². The normalized spacial score (nSPS) is 13.1. The van der Waals surface area contributed by atoms with Crippen LogP contribution >= 0.6 is 0 Å². The van der Waals surface area contributed by atoms with E-state index in [1.165, 1.54) is 0 Å². The standard InChI is InChI=1S/C18H22O2S/c1-4-18(16-8-6-5-7-9-16)21(19,20)13-17-12-14(2)10-11-15(17)3/h5-12,18H,4,13H2,1-3H3/t18-/m0/s1. The minimum Gasteiger partial charge on any atom is -0.228 e. The van der Waals surface area contributed by atoms with Crippen LogP contribution in [0.15, 0.2) is 48.5 Å². The summed E-state index contributed by atoms with van der Waals surface area (Å²) >= 11 is 0. The maximum absolute atomic E-state index is 12.8. The molecule has 0 N–H and O–H groups in total. The molecule has 0 aromatic heterocycles. The van der Waals surface area contributed by atoms with Gasteiger partial charge in [0.05, 0.1) is 11.0 Å². The Morgan fingerprint density at radius 1 is 1.00 bits per heavy atom. The van der Waals surface area contributed by atoms with Crippen molar-refractivity contribution in [3.05, 3.63) is 70.8 Å². The second-order valence-corrected chi connectivity index (χ2v) is 7.73. The quantitative estimate of drug-likeness (QED) is 0.822. The zero-order chi connectivity index (χ0) is 15.5. The number of benzene rings is 2. The van der Waals surface area contributed by atoms with Crippen molar-refractivity contribution in [2.75, 3.05) is 0 Å². The first-order valence-corrected chi connectivity index (χ1v) is 8.98. The maximum atomic E-state index is 12.8. The van der Waals surface area contributed by atoms with Crippen molar-refractivity contribution in [3.8, 4) is 0 Å². The number of rotatable bonds is 5. The molecule has 2 rings (SSSR count). The highest BCUT2D eigenvalue weighted by Crippen LogP contribution is 2.29. The molecule has 0 amide bonds. The molecule has 112 valence electrons. The molecule has 0 aliphatic heterocycles. The van der Waals surface area contributed by atoms with Crippen LogP contribution in [0.3, 0.4) is 0 Å². The Bertz CT molecular complexity index is 703. The molecule has 2 aromatic rings. The summed E-state index contributed by atoms with van der Waals surface area (Å²) < 4.78 is 25.6. The van der Waals surface area contributed by atoms with E-state index in [2.05, 4.69) is 0 Å². The number of aryl methyl sites for hydroxylation is 2. The van der Waals surface area contributed by atoms with E-state index in [1.807, 2.05) is 69.3 Å². The lowest BCUT2D eigenvalue weighted by molar-refractivity contribution is 0.578. The van der Waals surface area contributed by atoms with Gasteiger partial charge in [-0.15, -0.1) is 0 Å². The average Bonchev–Trinajstić information content (AvgIpc) is 2.44. The Hall–Kier alpha value is -1.61. The smallest absolute Gasteiger partial charge is 0.161 e. The van der Waals surface area contributed by atoms with Crippen LogP contribution in [0.4, 0.5) is 0 Å². The summed E-state index contributed by atoms with van der Waals surface area (Å²) in [7, 11) is -3.22. The molecule has 0 bridgehead atoms. The third kappa shape index (κ3) is 3.73. The Balaban J connectivity index is 2.35. The van der Waals surface area contributed by atoms with Crippen molar-refractivity contribution in [2.24, 2.45) is 0 Å². The Morgan fingerprint density at radius 3 is 2.29 bits per heavy atom. The van der Waals surface area contributed by atoms with Gasteiger partial charge in [-0.05, 0) is 37.0 Å². The SMILES string of the molecule is CC[C@@H](c1ccccc1)S(=O)(=O)Cc1cc(C)ccc1C. The van der Waals surface area contributed by atoms with Crippen molar-refractivity contribution in [2.45, 2.75) is 38.2 Å². The van der Waals surface area contributed by atoms with Crippen LogP contribution < -0.4 is 0 Å². The van der Waals surface area contributed by atoms with Gasteiger partial charge in [0.1, 0.15) is 0 Å². The fourth-order valence-electron chi connectivity index (χ4n) is 2.64. The van der Waals surface area contributed by atoms with Crippen molar-refractivity contribution in [3.63, 3.8) is 0 Å². The number of hydrogen-bond acceptors (Lipinski definition) is 2. The fraction of sp³-hybridized carbons (Fsp3) is 0.333. The Kier molecular flexibility index (Phi) is 4.84. The van der Waals surface area contributed by atoms with E-state index >= 15 is 0 Å². The van der Waals surface area contributed by atoms with Crippen LogP contribution in [-0.4, -0.2) is 8.42 Å². The molecule has 0 unspecified atom stereocenters. The second kappa shape index (κ2) is 6.44. The molecule has 1 atom stereocenters. The van der Waals surface area contributed by atoms with Gasteiger partial charge in [0.15, 0.2) is 9.84 Å². The highest BCUT2D eigenvalue weighted by molar-refractivity contribution is 7.90. The lowest BCUT2D eigenvalue weighted by Gasteiger charge is -2.17. The number of sulfone groups is 1. The summed E-state index contributed by atoms with van der Waals surface area (Å²) in [6.07, 6.45) is 0.594.